The van der Waals surface area contributed by atoms with Gasteiger partial charge in [-0.05, 0) is 53.6 Å². The summed E-state index contributed by atoms with van der Waals surface area (Å²) < 4.78 is 3.03. The van der Waals surface area contributed by atoms with Gasteiger partial charge in [0.25, 0.3) is 0 Å². The summed E-state index contributed by atoms with van der Waals surface area (Å²) in [5, 5.41) is 14.2. The molecule has 0 aliphatic heterocycles. The Morgan fingerprint density at radius 1 is 1.33 bits per heavy atom. The van der Waals surface area contributed by atoms with E-state index in [1.54, 1.807) is 0 Å². The summed E-state index contributed by atoms with van der Waals surface area (Å²) >= 11 is 3.65. The van der Waals surface area contributed by atoms with Gasteiger partial charge in [-0.2, -0.15) is 5.10 Å². The van der Waals surface area contributed by atoms with E-state index in [0.29, 0.717) is 0 Å². The number of halogens is 1. The molecule has 1 aromatic carbocycles. The largest absolute Gasteiger partial charge is 0.396 e. The van der Waals surface area contributed by atoms with Crippen LogP contribution in [-0.2, 0) is 26.3 Å². The molecule has 0 bridgehead atoms. The number of aryl methyl sites for hydroxylation is 3. The molecule has 0 aliphatic rings. The van der Waals surface area contributed by atoms with Crippen LogP contribution in [0.5, 0.6) is 0 Å². The molecule has 0 amide bonds. The zero-order valence-electron chi connectivity index (χ0n) is 12.9. The van der Waals surface area contributed by atoms with Gasteiger partial charge in [-0.15, -0.1) is 0 Å². The minimum Gasteiger partial charge on any atom is -0.396 e. The molecular weight excluding hydrogens is 328 g/mol. The van der Waals surface area contributed by atoms with Crippen LogP contribution < -0.4 is 0 Å². The lowest BCUT2D eigenvalue weighted by atomic mass is 9.94. The average Bonchev–Trinajstić information content (AvgIpc) is 2.73. The Morgan fingerprint density at radius 2 is 2.10 bits per heavy atom. The van der Waals surface area contributed by atoms with E-state index >= 15 is 0 Å². The van der Waals surface area contributed by atoms with Gasteiger partial charge < -0.3 is 5.11 Å². The van der Waals surface area contributed by atoms with Crippen LogP contribution in [0.25, 0.3) is 0 Å². The summed E-state index contributed by atoms with van der Waals surface area (Å²) in [5.41, 5.74) is 4.79. The van der Waals surface area contributed by atoms with Crippen molar-refractivity contribution in [1.82, 2.24) is 9.78 Å². The van der Waals surface area contributed by atoms with Gasteiger partial charge in [-0.25, -0.2) is 0 Å². The highest BCUT2D eigenvalue weighted by atomic mass is 79.9. The molecule has 1 atom stereocenters. The van der Waals surface area contributed by atoms with Crippen molar-refractivity contribution in [3.63, 3.8) is 0 Å². The van der Waals surface area contributed by atoms with Crippen LogP contribution in [-0.4, -0.2) is 21.5 Å². The predicted molar refractivity (Wildman–Crippen MR) is 89.4 cm³/mol. The van der Waals surface area contributed by atoms with Crippen LogP contribution in [0.15, 0.2) is 28.7 Å². The number of hydrogen-bond donors (Lipinski definition) is 1. The lowest BCUT2D eigenvalue weighted by molar-refractivity contribution is 0.223. The third-order valence-electron chi connectivity index (χ3n) is 3.85. The van der Waals surface area contributed by atoms with E-state index in [9.17, 15) is 5.11 Å². The third kappa shape index (κ3) is 3.95. The number of aliphatic hydroxyl groups excluding tert-OH is 1. The first-order valence-electron chi connectivity index (χ1n) is 7.41. The molecule has 21 heavy (non-hydrogen) atoms. The molecule has 0 aliphatic carbocycles. The zero-order valence-corrected chi connectivity index (χ0v) is 14.5. The minimum absolute atomic E-state index is 0.188. The van der Waals surface area contributed by atoms with Gasteiger partial charge in [0.2, 0.25) is 0 Å². The number of rotatable bonds is 6. The smallest absolute Gasteiger partial charge is 0.0766 e. The van der Waals surface area contributed by atoms with Crippen LogP contribution in [0.4, 0.5) is 0 Å². The normalized spacial score (nSPS) is 12.6. The topological polar surface area (TPSA) is 38.0 Å². The molecule has 1 aromatic heterocycles. The first-order chi connectivity index (χ1) is 10.0. The highest BCUT2D eigenvalue weighted by molar-refractivity contribution is 9.10. The lowest BCUT2D eigenvalue weighted by Crippen LogP contribution is -2.15. The van der Waals surface area contributed by atoms with E-state index in [2.05, 4.69) is 59.1 Å². The molecule has 114 valence electrons. The number of aliphatic hydroxyl groups is 1. The van der Waals surface area contributed by atoms with Crippen molar-refractivity contribution < 1.29 is 5.11 Å². The Morgan fingerprint density at radius 3 is 2.67 bits per heavy atom. The van der Waals surface area contributed by atoms with Crippen molar-refractivity contribution in [1.29, 1.82) is 0 Å². The second-order valence-corrected chi connectivity index (χ2v) is 6.42. The monoisotopic (exact) mass is 350 g/mol. The average molecular weight is 351 g/mol. The summed E-state index contributed by atoms with van der Waals surface area (Å²) in [4.78, 5) is 0. The fourth-order valence-corrected chi connectivity index (χ4v) is 3.47. The highest BCUT2D eigenvalue weighted by Gasteiger charge is 2.17. The van der Waals surface area contributed by atoms with Crippen molar-refractivity contribution in [2.24, 2.45) is 13.0 Å². The fourth-order valence-electron chi connectivity index (χ4n) is 2.69. The SMILES string of the molecule is CCc1nn(C)c(CC(CO)Cc2cccc(C)c2)c1Br. The van der Waals surface area contributed by atoms with Gasteiger partial charge in [0.15, 0.2) is 0 Å². The van der Waals surface area contributed by atoms with Crippen LogP contribution in [0, 0.1) is 12.8 Å². The summed E-state index contributed by atoms with van der Waals surface area (Å²) in [5.74, 6) is 0.211. The number of hydrogen-bond acceptors (Lipinski definition) is 2. The maximum Gasteiger partial charge on any atom is 0.0766 e. The standard InChI is InChI=1S/C17H23BrN2O/c1-4-15-17(18)16(20(3)19-15)10-14(11-21)9-13-7-5-6-12(2)8-13/h5-8,14,21H,4,9-11H2,1-3H3. The maximum absolute atomic E-state index is 9.72. The van der Waals surface area contributed by atoms with E-state index < -0.39 is 0 Å². The second-order valence-electron chi connectivity index (χ2n) is 5.63. The minimum atomic E-state index is 0.188. The molecule has 1 heterocycles. The van der Waals surface area contributed by atoms with E-state index in [0.717, 1.165) is 29.4 Å². The number of benzene rings is 1. The molecule has 3 nitrogen and oxygen atoms in total. The van der Waals surface area contributed by atoms with Crippen molar-refractivity contribution in [3.8, 4) is 0 Å². The van der Waals surface area contributed by atoms with Crippen LogP contribution in [0.2, 0.25) is 0 Å². The molecule has 0 fully saturated rings. The van der Waals surface area contributed by atoms with Gasteiger partial charge >= 0.3 is 0 Å². The summed E-state index contributed by atoms with van der Waals surface area (Å²) in [6.07, 6.45) is 2.63. The van der Waals surface area contributed by atoms with Crippen molar-refractivity contribution in [2.75, 3.05) is 6.61 Å². The summed E-state index contributed by atoms with van der Waals surface area (Å²) in [6.45, 7) is 4.39. The molecule has 0 spiro atoms. The van der Waals surface area contributed by atoms with Gasteiger partial charge in [0.1, 0.15) is 0 Å². The van der Waals surface area contributed by atoms with Crippen molar-refractivity contribution in [3.05, 3.63) is 51.3 Å². The zero-order chi connectivity index (χ0) is 15.4. The molecule has 0 radical (unpaired) electrons. The van der Waals surface area contributed by atoms with Crippen molar-refractivity contribution >= 4 is 15.9 Å². The first kappa shape index (κ1) is 16.2. The highest BCUT2D eigenvalue weighted by Crippen LogP contribution is 2.25. The van der Waals surface area contributed by atoms with Crippen molar-refractivity contribution in [2.45, 2.75) is 33.1 Å². The molecule has 0 saturated carbocycles. The van der Waals surface area contributed by atoms with Crippen LogP contribution in [0.1, 0.15) is 29.4 Å². The van der Waals surface area contributed by atoms with E-state index in [1.807, 2.05) is 11.7 Å². The fraction of sp³-hybridized carbons (Fsp3) is 0.471. The molecular formula is C17H23BrN2O. The second kappa shape index (κ2) is 7.23. The quantitative estimate of drug-likeness (QED) is 0.866. The third-order valence-corrected chi connectivity index (χ3v) is 4.77. The van der Waals surface area contributed by atoms with Crippen LogP contribution in [0.3, 0.4) is 0 Å². The Kier molecular flexibility index (Phi) is 5.59. The van der Waals surface area contributed by atoms with E-state index in [-0.39, 0.29) is 12.5 Å². The first-order valence-corrected chi connectivity index (χ1v) is 8.21. The van der Waals surface area contributed by atoms with Gasteiger partial charge in [-0.1, -0.05) is 36.8 Å². The maximum atomic E-state index is 9.72. The lowest BCUT2D eigenvalue weighted by Gasteiger charge is -2.15. The van der Waals surface area contributed by atoms with E-state index in [1.165, 1.54) is 16.8 Å². The Hall–Kier alpha value is -1.13. The van der Waals surface area contributed by atoms with E-state index in [4.69, 9.17) is 0 Å². The Labute approximate surface area is 135 Å². The molecule has 0 saturated heterocycles. The molecule has 2 aromatic rings. The summed E-state index contributed by atoms with van der Waals surface area (Å²) in [7, 11) is 1.97. The van der Waals surface area contributed by atoms with Gasteiger partial charge in [0, 0.05) is 13.7 Å². The van der Waals surface area contributed by atoms with Gasteiger partial charge in [-0.3, -0.25) is 4.68 Å². The van der Waals surface area contributed by atoms with Gasteiger partial charge in [0.05, 0.1) is 15.9 Å². The Bertz CT molecular complexity index is 607. The Balaban J connectivity index is 2.14. The number of nitrogens with zero attached hydrogens (tertiary/aromatic N) is 2. The predicted octanol–water partition coefficient (Wildman–Crippen LogP) is 3.45. The molecule has 1 N–H and O–H groups in total. The molecule has 2 rings (SSSR count). The van der Waals surface area contributed by atoms with Crippen LogP contribution >= 0.6 is 15.9 Å². The molecule has 4 heteroatoms. The summed E-state index contributed by atoms with van der Waals surface area (Å²) in [6, 6.07) is 8.50. The number of aromatic nitrogens is 2. The molecule has 1 unspecified atom stereocenters.